The zero-order chi connectivity index (χ0) is 20.8. The highest BCUT2D eigenvalue weighted by Gasteiger charge is 2.17. The van der Waals surface area contributed by atoms with Crippen LogP contribution in [-0.4, -0.2) is 16.9 Å². The maximum atomic E-state index is 13.3. The number of carbonyl (C=O) groups is 1. The number of carbonyl (C=O) groups excluding carboxylic acids is 1. The summed E-state index contributed by atoms with van der Waals surface area (Å²) in [7, 11) is 0. The number of halogens is 1. The van der Waals surface area contributed by atoms with Crippen molar-refractivity contribution < 1.29 is 14.1 Å². The van der Waals surface area contributed by atoms with E-state index in [1.807, 2.05) is 31.4 Å². The molecule has 1 atom stereocenters. The largest absolute Gasteiger partial charge is 0.349 e. The normalized spacial score (nSPS) is 12.2. The van der Waals surface area contributed by atoms with Crippen LogP contribution in [0, 0.1) is 12.7 Å². The van der Waals surface area contributed by atoms with Gasteiger partial charge < -0.3 is 10.2 Å². The van der Waals surface area contributed by atoms with E-state index in [1.165, 1.54) is 39.5 Å². The topological polar surface area (TPSA) is 46.4 Å². The van der Waals surface area contributed by atoms with Crippen LogP contribution in [0.3, 0.4) is 0 Å². The van der Waals surface area contributed by atoms with Gasteiger partial charge >= 0.3 is 0 Å². The van der Waals surface area contributed by atoms with Crippen molar-refractivity contribution >= 4 is 17.2 Å². The van der Waals surface area contributed by atoms with Crippen molar-refractivity contribution in [1.29, 1.82) is 0 Å². The van der Waals surface area contributed by atoms with Crippen LogP contribution in [0.15, 0.2) is 53.9 Å². The molecule has 1 amide bonds. The summed E-state index contributed by atoms with van der Waals surface area (Å²) in [5, 5.41) is 5.61. The van der Waals surface area contributed by atoms with Crippen LogP contribution in [0.4, 0.5) is 4.39 Å². The summed E-state index contributed by atoms with van der Waals surface area (Å²) in [6.45, 7) is 8.21. The summed E-state index contributed by atoms with van der Waals surface area (Å²) < 4.78 is 13.3. The SMILES string of the molecule is Cc1ccc(C[NH+](Cc2ccc(F)cc2)Cc2nc(C(=O)NC(C)C)cs2)cc1. The Bertz CT molecular complexity index is 888. The maximum absolute atomic E-state index is 13.3. The molecule has 6 heteroatoms. The van der Waals surface area contributed by atoms with Crippen molar-refractivity contribution in [2.75, 3.05) is 0 Å². The lowest BCUT2D eigenvalue weighted by atomic mass is 10.1. The van der Waals surface area contributed by atoms with Gasteiger partial charge in [-0.15, -0.1) is 11.3 Å². The van der Waals surface area contributed by atoms with Crippen molar-refractivity contribution in [3.63, 3.8) is 0 Å². The molecular weight excluding hydrogens is 385 g/mol. The third-order valence-corrected chi connectivity index (χ3v) is 5.40. The van der Waals surface area contributed by atoms with Gasteiger partial charge in [0.05, 0.1) is 0 Å². The molecule has 0 saturated heterocycles. The Balaban J connectivity index is 1.75. The van der Waals surface area contributed by atoms with Gasteiger partial charge in [0.1, 0.15) is 36.2 Å². The van der Waals surface area contributed by atoms with E-state index >= 15 is 0 Å². The number of aryl methyl sites for hydroxylation is 1. The highest BCUT2D eigenvalue weighted by molar-refractivity contribution is 7.09. The van der Waals surface area contributed by atoms with Crippen molar-refractivity contribution in [2.24, 2.45) is 0 Å². The van der Waals surface area contributed by atoms with E-state index in [2.05, 4.69) is 41.5 Å². The number of aromatic nitrogens is 1. The molecule has 0 aliphatic carbocycles. The van der Waals surface area contributed by atoms with E-state index in [0.29, 0.717) is 12.2 Å². The average Bonchev–Trinajstić information content (AvgIpc) is 3.13. The zero-order valence-corrected chi connectivity index (χ0v) is 17.9. The standard InChI is InChI=1S/C23H26FN3OS/c1-16(2)25-23(28)21-15-29-22(26-21)14-27(12-18-6-4-17(3)5-7-18)13-19-8-10-20(24)11-9-19/h4-11,15-16H,12-14H2,1-3H3,(H,25,28)/p+1. The Hall–Kier alpha value is -2.57. The molecular formula is C23H27FN3OS+. The molecule has 0 fully saturated rings. The van der Waals surface area contributed by atoms with Crippen molar-refractivity contribution in [1.82, 2.24) is 10.3 Å². The second-order valence-electron chi connectivity index (χ2n) is 7.65. The fourth-order valence-corrected chi connectivity index (χ4v) is 3.97. The number of hydrogen-bond acceptors (Lipinski definition) is 3. The van der Waals surface area contributed by atoms with E-state index in [1.54, 1.807) is 0 Å². The number of nitrogens with one attached hydrogen (secondary N) is 2. The van der Waals surface area contributed by atoms with Gasteiger partial charge in [-0.2, -0.15) is 0 Å². The Morgan fingerprint density at radius 3 is 2.21 bits per heavy atom. The average molecular weight is 413 g/mol. The number of amides is 1. The molecule has 1 aromatic heterocycles. The first kappa shape index (κ1) is 21.1. The van der Waals surface area contributed by atoms with Crippen LogP contribution in [0.1, 0.15) is 46.0 Å². The molecule has 0 spiro atoms. The Morgan fingerprint density at radius 1 is 1.03 bits per heavy atom. The molecule has 1 unspecified atom stereocenters. The molecule has 0 saturated carbocycles. The lowest BCUT2D eigenvalue weighted by Crippen LogP contribution is -3.08. The molecule has 3 rings (SSSR count). The molecule has 1 heterocycles. The highest BCUT2D eigenvalue weighted by Crippen LogP contribution is 2.10. The van der Waals surface area contributed by atoms with Crippen LogP contribution < -0.4 is 10.2 Å². The summed E-state index contributed by atoms with van der Waals surface area (Å²) >= 11 is 1.51. The van der Waals surface area contributed by atoms with Gasteiger partial charge in [0.2, 0.25) is 0 Å². The fraction of sp³-hybridized carbons (Fsp3) is 0.304. The molecule has 0 aliphatic heterocycles. The number of benzene rings is 2. The first-order chi connectivity index (χ1) is 13.9. The lowest BCUT2D eigenvalue weighted by molar-refractivity contribution is -0.941. The number of hydrogen-bond donors (Lipinski definition) is 2. The summed E-state index contributed by atoms with van der Waals surface area (Å²) in [5.74, 6) is -0.365. The van der Waals surface area contributed by atoms with E-state index in [9.17, 15) is 9.18 Å². The smallest absolute Gasteiger partial charge is 0.270 e. The second-order valence-corrected chi connectivity index (χ2v) is 8.59. The molecule has 0 aliphatic rings. The summed E-state index contributed by atoms with van der Waals surface area (Å²) in [5.41, 5.74) is 4.01. The molecule has 0 bridgehead atoms. The summed E-state index contributed by atoms with van der Waals surface area (Å²) in [6, 6.07) is 15.2. The van der Waals surface area contributed by atoms with Crippen LogP contribution in [0.2, 0.25) is 0 Å². The van der Waals surface area contributed by atoms with Gasteiger partial charge in [-0.05, 0) is 32.9 Å². The van der Waals surface area contributed by atoms with Crippen LogP contribution in [-0.2, 0) is 19.6 Å². The van der Waals surface area contributed by atoms with Gasteiger partial charge in [-0.25, -0.2) is 9.37 Å². The predicted octanol–water partition coefficient (Wildman–Crippen LogP) is 3.51. The third-order valence-electron chi connectivity index (χ3n) is 4.55. The van der Waals surface area contributed by atoms with E-state index in [0.717, 1.165) is 23.7 Å². The van der Waals surface area contributed by atoms with E-state index in [-0.39, 0.29) is 17.8 Å². The van der Waals surface area contributed by atoms with Gasteiger partial charge in [-0.1, -0.05) is 42.0 Å². The fourth-order valence-electron chi connectivity index (χ4n) is 3.12. The molecule has 29 heavy (non-hydrogen) atoms. The monoisotopic (exact) mass is 412 g/mol. The third kappa shape index (κ3) is 6.48. The Morgan fingerprint density at radius 2 is 1.62 bits per heavy atom. The van der Waals surface area contributed by atoms with Crippen molar-refractivity contribution in [2.45, 2.75) is 46.4 Å². The Kier molecular flexibility index (Phi) is 7.12. The van der Waals surface area contributed by atoms with Gasteiger partial charge in [-0.3, -0.25) is 4.79 Å². The minimum absolute atomic E-state index is 0.0785. The van der Waals surface area contributed by atoms with Crippen LogP contribution in [0.25, 0.3) is 0 Å². The predicted molar refractivity (Wildman–Crippen MR) is 114 cm³/mol. The second kappa shape index (κ2) is 9.76. The van der Waals surface area contributed by atoms with Crippen molar-refractivity contribution in [3.8, 4) is 0 Å². The number of quaternary nitrogens is 1. The van der Waals surface area contributed by atoms with Crippen molar-refractivity contribution in [3.05, 3.63) is 87.1 Å². The summed E-state index contributed by atoms with van der Waals surface area (Å²) in [4.78, 5) is 18.0. The minimum Gasteiger partial charge on any atom is -0.349 e. The molecule has 4 nitrogen and oxygen atoms in total. The number of nitrogens with zero attached hydrogens (tertiary/aromatic N) is 1. The first-order valence-electron chi connectivity index (χ1n) is 9.78. The molecule has 2 N–H and O–H groups in total. The van der Waals surface area contributed by atoms with Gasteiger partial charge in [0.15, 0.2) is 0 Å². The lowest BCUT2D eigenvalue weighted by Gasteiger charge is -2.19. The van der Waals surface area contributed by atoms with E-state index < -0.39 is 0 Å². The maximum Gasteiger partial charge on any atom is 0.270 e. The zero-order valence-electron chi connectivity index (χ0n) is 17.0. The minimum atomic E-state index is -0.227. The molecule has 0 radical (unpaired) electrons. The van der Waals surface area contributed by atoms with Crippen LogP contribution in [0.5, 0.6) is 0 Å². The summed E-state index contributed by atoms with van der Waals surface area (Å²) in [6.07, 6.45) is 0. The Labute approximate surface area is 175 Å². The number of rotatable bonds is 8. The molecule has 3 aromatic rings. The quantitative estimate of drug-likeness (QED) is 0.595. The molecule has 152 valence electrons. The van der Waals surface area contributed by atoms with Crippen LogP contribution >= 0.6 is 11.3 Å². The molecule has 2 aromatic carbocycles. The van der Waals surface area contributed by atoms with E-state index in [4.69, 9.17) is 0 Å². The first-order valence-corrected chi connectivity index (χ1v) is 10.7. The van der Waals surface area contributed by atoms with Gasteiger partial charge in [0.25, 0.3) is 5.91 Å². The van der Waals surface area contributed by atoms with Gasteiger partial charge in [0, 0.05) is 22.5 Å². The highest BCUT2D eigenvalue weighted by atomic mass is 32.1. The number of thiazole rings is 1.